The molecule has 0 aromatic heterocycles. The van der Waals surface area contributed by atoms with Crippen molar-refractivity contribution in [3.05, 3.63) is 59.6 Å². The average molecular weight is 391 g/mol. The summed E-state index contributed by atoms with van der Waals surface area (Å²) in [4.78, 5) is 0. The normalized spacial score (nSPS) is 25.7. The Morgan fingerprint density at radius 2 is 1.69 bits per heavy atom. The minimum absolute atomic E-state index is 0.0184. The number of halogens is 1. The van der Waals surface area contributed by atoms with Crippen LogP contribution in [0.2, 0.25) is 5.02 Å². The number of hydrogen-bond acceptors (Lipinski definition) is 2. The van der Waals surface area contributed by atoms with Gasteiger partial charge in [0.05, 0.1) is 10.7 Å². The van der Waals surface area contributed by atoms with E-state index in [-0.39, 0.29) is 5.66 Å². The lowest BCUT2D eigenvalue weighted by Gasteiger charge is -2.41. The van der Waals surface area contributed by atoms with E-state index in [9.17, 15) is 4.57 Å². The topological polar surface area (TPSA) is 26.3 Å². The first-order valence-corrected chi connectivity index (χ1v) is 11.6. The van der Waals surface area contributed by atoms with Crippen LogP contribution in [-0.4, -0.2) is 5.66 Å². The molecule has 0 radical (unpaired) electrons. The lowest BCUT2D eigenvalue weighted by atomic mass is 9.77. The standard InChI is InChI=1S/C22H28ClO2P/c1-16(2)19-14-13-17(3)15-22(19)26(24,18-9-5-4-6-10-18)25-21-12-8-7-11-20(21)23/h4-12,16-17,19,22H,13-15H2,1-3H3/t17-,19+,22-,26?/m1/s1. The molecule has 2 nitrogen and oxygen atoms in total. The van der Waals surface area contributed by atoms with E-state index in [4.69, 9.17) is 16.1 Å². The molecule has 0 aliphatic heterocycles. The van der Waals surface area contributed by atoms with Gasteiger partial charge in [0.2, 0.25) is 0 Å². The van der Waals surface area contributed by atoms with E-state index in [0.29, 0.717) is 28.5 Å². The number of benzene rings is 2. The molecule has 4 atom stereocenters. The first kappa shape index (κ1) is 19.5. The molecule has 1 aliphatic carbocycles. The van der Waals surface area contributed by atoms with Gasteiger partial charge in [-0.15, -0.1) is 0 Å². The summed E-state index contributed by atoms with van der Waals surface area (Å²) in [5, 5.41) is 1.30. The summed E-state index contributed by atoms with van der Waals surface area (Å²) in [5.41, 5.74) is 0.0184. The molecule has 1 fully saturated rings. The number of hydrogen-bond donors (Lipinski definition) is 0. The third-order valence-corrected chi connectivity index (χ3v) is 8.88. The summed E-state index contributed by atoms with van der Waals surface area (Å²) >= 11 is 6.34. The largest absolute Gasteiger partial charge is 0.438 e. The van der Waals surface area contributed by atoms with E-state index in [1.165, 1.54) is 6.42 Å². The van der Waals surface area contributed by atoms with Gasteiger partial charge >= 0.3 is 0 Å². The second-order valence-electron chi connectivity index (χ2n) is 7.85. The Morgan fingerprint density at radius 3 is 2.35 bits per heavy atom. The zero-order chi connectivity index (χ0) is 18.7. The second kappa shape index (κ2) is 8.19. The van der Waals surface area contributed by atoms with Crippen molar-refractivity contribution in [2.45, 2.75) is 45.7 Å². The lowest BCUT2D eigenvalue weighted by molar-refractivity contribution is 0.229. The Bertz CT molecular complexity index is 775. The molecule has 1 aliphatic rings. The van der Waals surface area contributed by atoms with Crippen molar-refractivity contribution in [1.29, 1.82) is 0 Å². The first-order chi connectivity index (χ1) is 12.4. The van der Waals surface area contributed by atoms with Crippen LogP contribution in [-0.2, 0) is 4.57 Å². The fourth-order valence-electron chi connectivity index (χ4n) is 4.16. The number of rotatable bonds is 5. The minimum atomic E-state index is -3.13. The van der Waals surface area contributed by atoms with Gasteiger partial charge in [-0.1, -0.05) is 69.1 Å². The predicted octanol–water partition coefficient (Wildman–Crippen LogP) is 6.78. The fraction of sp³-hybridized carbons (Fsp3) is 0.455. The molecule has 140 valence electrons. The maximum atomic E-state index is 14.5. The SMILES string of the molecule is CC(C)[C@@H]1CC[C@@H](C)C[C@H]1P(=O)(Oc1ccccc1Cl)c1ccccc1. The molecule has 4 heteroatoms. The fourth-order valence-corrected chi connectivity index (χ4v) is 7.68. The third-order valence-electron chi connectivity index (χ3n) is 5.61. The van der Waals surface area contributed by atoms with E-state index >= 15 is 0 Å². The second-order valence-corrected chi connectivity index (χ2v) is 10.8. The van der Waals surface area contributed by atoms with Crippen molar-refractivity contribution < 1.29 is 9.09 Å². The van der Waals surface area contributed by atoms with Crippen molar-refractivity contribution in [2.75, 3.05) is 0 Å². The van der Waals surface area contributed by atoms with E-state index in [1.54, 1.807) is 6.07 Å². The Balaban J connectivity index is 2.08. The monoisotopic (exact) mass is 390 g/mol. The van der Waals surface area contributed by atoms with E-state index < -0.39 is 7.37 Å². The molecular formula is C22H28ClO2P. The zero-order valence-electron chi connectivity index (χ0n) is 15.8. The van der Waals surface area contributed by atoms with Crippen molar-refractivity contribution in [3.8, 4) is 5.75 Å². The van der Waals surface area contributed by atoms with Crippen LogP contribution in [0.15, 0.2) is 54.6 Å². The van der Waals surface area contributed by atoms with Crippen LogP contribution in [0.4, 0.5) is 0 Å². The summed E-state index contributed by atoms with van der Waals surface area (Å²) in [6.45, 7) is 6.73. The van der Waals surface area contributed by atoms with Crippen molar-refractivity contribution in [3.63, 3.8) is 0 Å². The highest BCUT2D eigenvalue weighted by atomic mass is 35.5. The highest BCUT2D eigenvalue weighted by molar-refractivity contribution is 7.68. The van der Waals surface area contributed by atoms with Crippen molar-refractivity contribution in [1.82, 2.24) is 0 Å². The molecule has 3 rings (SSSR count). The van der Waals surface area contributed by atoms with E-state index in [0.717, 1.165) is 18.1 Å². The minimum Gasteiger partial charge on any atom is -0.438 e. The van der Waals surface area contributed by atoms with Crippen LogP contribution >= 0.6 is 19.0 Å². The maximum absolute atomic E-state index is 14.5. The molecule has 1 unspecified atom stereocenters. The summed E-state index contributed by atoms with van der Waals surface area (Å²) in [6, 6.07) is 17.0. The zero-order valence-corrected chi connectivity index (χ0v) is 17.4. The Hall–Kier alpha value is -1.24. The molecule has 0 amide bonds. The predicted molar refractivity (Wildman–Crippen MR) is 111 cm³/mol. The molecule has 26 heavy (non-hydrogen) atoms. The third kappa shape index (κ3) is 4.02. The van der Waals surface area contributed by atoms with Gasteiger partial charge in [0.25, 0.3) is 7.37 Å². The first-order valence-electron chi connectivity index (χ1n) is 9.51. The summed E-state index contributed by atoms with van der Waals surface area (Å²) in [7, 11) is -3.13. The van der Waals surface area contributed by atoms with Gasteiger partial charge in [-0.05, 0) is 54.9 Å². The molecule has 1 saturated carbocycles. The van der Waals surface area contributed by atoms with Crippen LogP contribution in [0.1, 0.15) is 40.0 Å². The molecular weight excluding hydrogens is 363 g/mol. The summed E-state index contributed by atoms with van der Waals surface area (Å²) in [6.07, 6.45) is 3.23. The summed E-state index contributed by atoms with van der Waals surface area (Å²) in [5.74, 6) is 1.93. The highest BCUT2D eigenvalue weighted by Crippen LogP contribution is 2.59. The van der Waals surface area contributed by atoms with Gasteiger partial charge in [0.15, 0.2) is 0 Å². The van der Waals surface area contributed by atoms with Gasteiger partial charge in [-0.3, -0.25) is 4.57 Å². The van der Waals surface area contributed by atoms with Gasteiger partial charge < -0.3 is 4.52 Å². The average Bonchev–Trinajstić information content (AvgIpc) is 2.64. The van der Waals surface area contributed by atoms with Gasteiger partial charge in [0, 0.05) is 5.30 Å². The van der Waals surface area contributed by atoms with Gasteiger partial charge in [-0.25, -0.2) is 0 Å². The smallest absolute Gasteiger partial charge is 0.280 e. The van der Waals surface area contributed by atoms with Crippen molar-refractivity contribution in [2.24, 2.45) is 17.8 Å². The quantitative estimate of drug-likeness (QED) is 0.526. The Labute approximate surface area is 162 Å². The van der Waals surface area contributed by atoms with Crippen LogP contribution in [0, 0.1) is 17.8 Å². The Morgan fingerprint density at radius 1 is 1.04 bits per heavy atom. The van der Waals surface area contributed by atoms with E-state index in [2.05, 4.69) is 20.8 Å². The van der Waals surface area contributed by atoms with Crippen LogP contribution in [0.5, 0.6) is 5.75 Å². The van der Waals surface area contributed by atoms with E-state index in [1.807, 2.05) is 48.5 Å². The van der Waals surface area contributed by atoms with Gasteiger partial charge in [-0.2, -0.15) is 0 Å². The molecule has 0 heterocycles. The Kier molecular flexibility index (Phi) is 6.15. The van der Waals surface area contributed by atoms with Crippen molar-refractivity contribution >= 4 is 24.3 Å². The summed E-state index contributed by atoms with van der Waals surface area (Å²) < 4.78 is 20.8. The molecule has 0 saturated heterocycles. The van der Waals surface area contributed by atoms with Crippen LogP contribution in [0.3, 0.4) is 0 Å². The number of para-hydroxylation sites is 1. The molecule has 0 bridgehead atoms. The van der Waals surface area contributed by atoms with Crippen LogP contribution in [0.25, 0.3) is 0 Å². The highest BCUT2D eigenvalue weighted by Gasteiger charge is 2.46. The molecule has 2 aromatic carbocycles. The van der Waals surface area contributed by atoms with Crippen LogP contribution < -0.4 is 9.83 Å². The lowest BCUT2D eigenvalue weighted by Crippen LogP contribution is -2.36. The van der Waals surface area contributed by atoms with Gasteiger partial charge in [0.1, 0.15) is 5.75 Å². The molecule has 0 spiro atoms. The molecule has 0 N–H and O–H groups in total. The molecule has 2 aromatic rings. The maximum Gasteiger partial charge on any atom is 0.280 e.